The van der Waals surface area contributed by atoms with Crippen molar-refractivity contribution < 1.29 is 4.39 Å². The van der Waals surface area contributed by atoms with Crippen LogP contribution in [0.3, 0.4) is 0 Å². The molecule has 22 heavy (non-hydrogen) atoms. The molecule has 2 rings (SSSR count). The van der Waals surface area contributed by atoms with Crippen LogP contribution in [-0.4, -0.2) is 29.3 Å². The maximum atomic E-state index is 13.2. The first kappa shape index (κ1) is 16.5. The Hall–Kier alpha value is -1.89. The molecule has 0 aliphatic heterocycles. The molecule has 0 aliphatic rings. The summed E-state index contributed by atoms with van der Waals surface area (Å²) in [5, 5.41) is 10.6. The van der Waals surface area contributed by atoms with Crippen LogP contribution in [0.2, 0.25) is 0 Å². The third-order valence-electron chi connectivity index (χ3n) is 3.27. The van der Waals surface area contributed by atoms with E-state index in [1.54, 1.807) is 25.4 Å². The molecule has 0 atom stereocenters. The first-order valence-electron chi connectivity index (χ1n) is 6.95. The first-order valence-corrected chi connectivity index (χ1v) is 7.75. The molecular formula is C15H19BrFN5. The number of rotatable bonds is 5. The predicted octanol–water partition coefficient (Wildman–Crippen LogP) is 2.23. The Morgan fingerprint density at radius 1 is 1.36 bits per heavy atom. The summed E-state index contributed by atoms with van der Waals surface area (Å²) in [6, 6.07) is 7.00. The Balaban J connectivity index is 1.79. The second-order valence-corrected chi connectivity index (χ2v) is 5.65. The summed E-state index contributed by atoms with van der Waals surface area (Å²) in [7, 11) is 3.63. The number of hydrogen-bond acceptors (Lipinski definition) is 2. The van der Waals surface area contributed by atoms with Gasteiger partial charge in [-0.05, 0) is 46.1 Å². The molecule has 0 bridgehead atoms. The van der Waals surface area contributed by atoms with E-state index in [-0.39, 0.29) is 5.82 Å². The highest BCUT2D eigenvalue weighted by Crippen LogP contribution is 2.16. The summed E-state index contributed by atoms with van der Waals surface area (Å²) >= 11 is 3.19. The molecule has 0 fully saturated rings. The van der Waals surface area contributed by atoms with Gasteiger partial charge in [0.15, 0.2) is 5.96 Å². The van der Waals surface area contributed by atoms with Crippen LogP contribution in [0.25, 0.3) is 0 Å². The van der Waals surface area contributed by atoms with Crippen LogP contribution in [0.15, 0.2) is 39.9 Å². The van der Waals surface area contributed by atoms with Crippen molar-refractivity contribution in [1.29, 1.82) is 0 Å². The molecule has 7 heteroatoms. The monoisotopic (exact) mass is 367 g/mol. The van der Waals surface area contributed by atoms with Gasteiger partial charge in [-0.3, -0.25) is 9.67 Å². The predicted molar refractivity (Wildman–Crippen MR) is 89.2 cm³/mol. The number of nitrogens with zero attached hydrogens (tertiary/aromatic N) is 3. The zero-order valence-electron chi connectivity index (χ0n) is 12.6. The normalized spacial score (nSPS) is 11.5. The topological polar surface area (TPSA) is 54.2 Å². The lowest BCUT2D eigenvalue weighted by Gasteiger charge is -2.12. The molecule has 0 saturated heterocycles. The highest BCUT2D eigenvalue weighted by molar-refractivity contribution is 9.10. The van der Waals surface area contributed by atoms with E-state index in [4.69, 9.17) is 0 Å². The molecule has 0 unspecified atom stereocenters. The number of aliphatic imine (C=N–C) groups is 1. The van der Waals surface area contributed by atoms with Gasteiger partial charge in [-0.25, -0.2) is 4.39 Å². The zero-order valence-corrected chi connectivity index (χ0v) is 14.2. The fourth-order valence-corrected chi connectivity index (χ4v) is 2.42. The number of hydrogen-bond donors (Lipinski definition) is 2. The summed E-state index contributed by atoms with van der Waals surface area (Å²) in [5.41, 5.74) is 2.13. The van der Waals surface area contributed by atoms with Gasteiger partial charge >= 0.3 is 0 Å². The summed E-state index contributed by atoms with van der Waals surface area (Å²) in [6.45, 7) is 1.36. The number of guanidine groups is 1. The molecule has 1 aromatic heterocycles. The van der Waals surface area contributed by atoms with Crippen molar-refractivity contribution in [1.82, 2.24) is 20.4 Å². The van der Waals surface area contributed by atoms with E-state index in [9.17, 15) is 4.39 Å². The minimum absolute atomic E-state index is 0.245. The van der Waals surface area contributed by atoms with Gasteiger partial charge in [-0.2, -0.15) is 5.10 Å². The first-order chi connectivity index (χ1) is 10.6. The average molecular weight is 368 g/mol. The third kappa shape index (κ3) is 4.56. The molecule has 1 aromatic carbocycles. The van der Waals surface area contributed by atoms with Gasteiger partial charge in [-0.15, -0.1) is 0 Å². The molecule has 2 N–H and O–H groups in total. The molecule has 1 heterocycles. The molecule has 0 amide bonds. The lowest BCUT2D eigenvalue weighted by Crippen LogP contribution is -2.38. The zero-order chi connectivity index (χ0) is 15.9. The van der Waals surface area contributed by atoms with Crippen molar-refractivity contribution >= 4 is 21.9 Å². The van der Waals surface area contributed by atoms with Gasteiger partial charge < -0.3 is 10.6 Å². The Bertz CT molecular complexity index is 653. The van der Waals surface area contributed by atoms with Crippen LogP contribution < -0.4 is 10.6 Å². The number of benzene rings is 1. The molecule has 0 spiro atoms. The quantitative estimate of drug-likeness (QED) is 0.629. The van der Waals surface area contributed by atoms with Gasteiger partial charge in [0.25, 0.3) is 0 Å². The summed E-state index contributed by atoms with van der Waals surface area (Å²) in [6.07, 6.45) is 2.55. The Morgan fingerprint density at radius 2 is 2.18 bits per heavy atom. The van der Waals surface area contributed by atoms with E-state index in [0.29, 0.717) is 17.6 Å². The molecular weight excluding hydrogens is 349 g/mol. The van der Waals surface area contributed by atoms with E-state index < -0.39 is 0 Å². The van der Waals surface area contributed by atoms with Crippen LogP contribution in [0.4, 0.5) is 4.39 Å². The van der Waals surface area contributed by atoms with Gasteiger partial charge in [0.2, 0.25) is 0 Å². The standard InChI is InChI=1S/C15H19BrFN5/c1-18-15(20-10-12-6-8-21-22(12)2)19-7-5-11-3-4-14(17)13(16)9-11/h3-4,6,8-9H,5,7,10H2,1-2H3,(H2,18,19,20). The second kappa shape index (κ2) is 7.93. The van der Waals surface area contributed by atoms with Crippen molar-refractivity contribution in [3.63, 3.8) is 0 Å². The van der Waals surface area contributed by atoms with Crippen LogP contribution >= 0.6 is 15.9 Å². The van der Waals surface area contributed by atoms with Crippen molar-refractivity contribution in [2.24, 2.45) is 12.0 Å². The van der Waals surface area contributed by atoms with E-state index in [1.165, 1.54) is 6.07 Å². The van der Waals surface area contributed by atoms with Crippen molar-refractivity contribution in [3.8, 4) is 0 Å². The number of nitrogens with one attached hydrogen (secondary N) is 2. The number of halogens is 2. The SMILES string of the molecule is CN=C(NCCc1ccc(F)c(Br)c1)NCc1ccnn1C. The van der Waals surface area contributed by atoms with Gasteiger partial charge in [0, 0.05) is 26.8 Å². The van der Waals surface area contributed by atoms with Crippen LogP contribution in [0, 0.1) is 5.82 Å². The summed E-state index contributed by atoms with van der Waals surface area (Å²) < 4.78 is 15.5. The van der Waals surface area contributed by atoms with Gasteiger partial charge in [0.1, 0.15) is 5.82 Å². The number of aromatic nitrogens is 2. The molecule has 5 nitrogen and oxygen atoms in total. The maximum absolute atomic E-state index is 13.2. The molecule has 0 radical (unpaired) electrons. The molecule has 118 valence electrons. The third-order valence-corrected chi connectivity index (χ3v) is 3.88. The second-order valence-electron chi connectivity index (χ2n) is 4.80. The number of aryl methyl sites for hydroxylation is 1. The summed E-state index contributed by atoms with van der Waals surface area (Å²) in [5.74, 6) is 0.479. The van der Waals surface area contributed by atoms with Crippen LogP contribution in [0.1, 0.15) is 11.3 Å². The minimum atomic E-state index is -0.245. The fraction of sp³-hybridized carbons (Fsp3) is 0.333. The Morgan fingerprint density at radius 3 is 2.82 bits per heavy atom. The van der Waals surface area contributed by atoms with Crippen molar-refractivity contribution in [3.05, 3.63) is 52.0 Å². The highest BCUT2D eigenvalue weighted by atomic mass is 79.9. The Kier molecular flexibility index (Phi) is 5.94. The maximum Gasteiger partial charge on any atom is 0.191 e. The highest BCUT2D eigenvalue weighted by Gasteiger charge is 2.03. The summed E-state index contributed by atoms with van der Waals surface area (Å²) in [4.78, 5) is 4.18. The van der Waals surface area contributed by atoms with E-state index >= 15 is 0 Å². The molecule has 0 saturated carbocycles. The van der Waals surface area contributed by atoms with Gasteiger partial charge in [-0.1, -0.05) is 6.07 Å². The van der Waals surface area contributed by atoms with E-state index in [0.717, 1.165) is 23.6 Å². The lowest BCUT2D eigenvalue weighted by atomic mass is 10.1. The average Bonchev–Trinajstić information content (AvgIpc) is 2.91. The fourth-order valence-electron chi connectivity index (χ4n) is 1.99. The van der Waals surface area contributed by atoms with Crippen LogP contribution in [0.5, 0.6) is 0 Å². The molecule has 2 aromatic rings. The lowest BCUT2D eigenvalue weighted by molar-refractivity contribution is 0.620. The van der Waals surface area contributed by atoms with E-state index in [1.807, 2.05) is 17.8 Å². The largest absolute Gasteiger partial charge is 0.356 e. The van der Waals surface area contributed by atoms with Crippen LogP contribution in [-0.2, 0) is 20.0 Å². The minimum Gasteiger partial charge on any atom is -0.356 e. The van der Waals surface area contributed by atoms with Crippen molar-refractivity contribution in [2.45, 2.75) is 13.0 Å². The smallest absolute Gasteiger partial charge is 0.191 e. The molecule has 0 aliphatic carbocycles. The van der Waals surface area contributed by atoms with Gasteiger partial charge in [0.05, 0.1) is 16.7 Å². The van der Waals surface area contributed by atoms with Crippen molar-refractivity contribution in [2.75, 3.05) is 13.6 Å². The van der Waals surface area contributed by atoms with E-state index in [2.05, 4.69) is 36.7 Å². The Labute approximate surface area is 137 Å².